The first-order chi connectivity index (χ1) is 13.8. The topological polar surface area (TPSA) is 131 Å². The number of rotatable bonds is 4. The number of hydrogen-bond donors (Lipinski definition) is 1. The maximum atomic E-state index is 12.5. The summed E-state index contributed by atoms with van der Waals surface area (Å²) in [5.41, 5.74) is 1.02. The van der Waals surface area contributed by atoms with Gasteiger partial charge in [-0.3, -0.25) is 14.9 Å². The molecule has 1 aliphatic rings. The zero-order chi connectivity index (χ0) is 21.1. The summed E-state index contributed by atoms with van der Waals surface area (Å²) < 4.78 is 4.72. The van der Waals surface area contributed by atoms with Gasteiger partial charge in [0.2, 0.25) is 0 Å². The molecule has 0 aromatic heterocycles. The summed E-state index contributed by atoms with van der Waals surface area (Å²) in [6.07, 6.45) is 0. The Hall–Kier alpha value is -4.14. The average molecular weight is 393 g/mol. The number of amidine groups is 1. The van der Waals surface area contributed by atoms with Gasteiger partial charge in [0.15, 0.2) is 5.84 Å². The molecule has 0 bridgehead atoms. The number of benzene rings is 2. The van der Waals surface area contributed by atoms with Gasteiger partial charge in [0.25, 0.3) is 11.6 Å². The molecule has 0 atom stereocenters. The average Bonchev–Trinajstić information content (AvgIpc) is 3.06. The summed E-state index contributed by atoms with van der Waals surface area (Å²) >= 11 is 0. The van der Waals surface area contributed by atoms with Crippen molar-refractivity contribution in [3.63, 3.8) is 0 Å². The van der Waals surface area contributed by atoms with Crippen LogP contribution in [-0.4, -0.2) is 40.6 Å². The Labute approximate surface area is 164 Å². The Morgan fingerprint density at radius 3 is 2.28 bits per heavy atom. The van der Waals surface area contributed by atoms with Crippen LogP contribution < -0.4 is 0 Å². The van der Waals surface area contributed by atoms with Crippen molar-refractivity contribution in [1.29, 1.82) is 0 Å². The lowest BCUT2D eigenvalue weighted by Crippen LogP contribution is -2.16. The van der Waals surface area contributed by atoms with Crippen molar-refractivity contribution >= 4 is 29.1 Å². The third kappa shape index (κ3) is 3.79. The van der Waals surface area contributed by atoms with Crippen LogP contribution in [0.15, 0.2) is 69.8 Å². The predicted molar refractivity (Wildman–Crippen MR) is 104 cm³/mol. The van der Waals surface area contributed by atoms with E-state index in [-0.39, 0.29) is 34.1 Å². The summed E-state index contributed by atoms with van der Waals surface area (Å²) in [4.78, 5) is 43.1. The van der Waals surface area contributed by atoms with Crippen LogP contribution in [0, 0.1) is 10.1 Å². The number of carbonyl (C=O) groups excluding carboxylic acids is 2. The van der Waals surface area contributed by atoms with Gasteiger partial charge in [-0.15, -0.1) is 0 Å². The van der Waals surface area contributed by atoms with Crippen molar-refractivity contribution in [1.82, 2.24) is 0 Å². The van der Waals surface area contributed by atoms with Crippen LogP contribution >= 0.6 is 0 Å². The molecular formula is C20H15N3O6. The van der Waals surface area contributed by atoms with E-state index in [2.05, 4.69) is 9.98 Å². The Morgan fingerprint density at radius 1 is 1.10 bits per heavy atom. The number of aliphatic hydroxyl groups excluding tert-OH is 1. The lowest BCUT2D eigenvalue weighted by atomic mass is 9.99. The highest BCUT2D eigenvalue weighted by atomic mass is 16.6. The predicted octanol–water partition coefficient (Wildman–Crippen LogP) is 2.99. The van der Waals surface area contributed by atoms with E-state index in [1.54, 1.807) is 24.3 Å². The van der Waals surface area contributed by atoms with Crippen molar-refractivity contribution in [2.75, 3.05) is 7.11 Å². The zero-order valence-corrected chi connectivity index (χ0v) is 15.4. The molecule has 2 aromatic rings. The molecule has 9 heteroatoms. The van der Waals surface area contributed by atoms with Crippen LogP contribution in [0.4, 0.5) is 5.69 Å². The van der Waals surface area contributed by atoms with Gasteiger partial charge in [0.1, 0.15) is 11.3 Å². The highest BCUT2D eigenvalue weighted by molar-refractivity contribution is 6.36. The van der Waals surface area contributed by atoms with Crippen LogP contribution in [0.2, 0.25) is 0 Å². The van der Waals surface area contributed by atoms with Gasteiger partial charge in [-0.25, -0.2) is 9.79 Å². The smallest absolute Gasteiger partial charge is 0.343 e. The fraction of sp³-hybridized carbons (Fsp3) is 0.100. The molecule has 0 unspecified atom stereocenters. The number of methoxy groups -OCH3 is 1. The summed E-state index contributed by atoms with van der Waals surface area (Å²) in [5, 5.41) is 20.7. The number of aliphatic hydroxyl groups is 1. The number of nitro benzene ring substituents is 1. The van der Waals surface area contributed by atoms with Crippen LogP contribution in [0.1, 0.15) is 28.4 Å². The number of carbonyl (C=O) groups is 2. The first-order valence-corrected chi connectivity index (χ1v) is 8.38. The molecule has 9 nitrogen and oxygen atoms in total. The van der Waals surface area contributed by atoms with Gasteiger partial charge in [-0.2, -0.15) is 4.99 Å². The molecule has 0 radical (unpaired) electrons. The van der Waals surface area contributed by atoms with Gasteiger partial charge in [0, 0.05) is 28.8 Å². The first-order valence-electron chi connectivity index (χ1n) is 8.38. The molecule has 29 heavy (non-hydrogen) atoms. The number of hydrogen-bond acceptors (Lipinski definition) is 6. The summed E-state index contributed by atoms with van der Waals surface area (Å²) in [7, 11) is 1.18. The first kappa shape index (κ1) is 19.6. The molecular weight excluding hydrogens is 378 g/mol. The Bertz CT molecular complexity index is 1110. The van der Waals surface area contributed by atoms with Crippen molar-refractivity contribution in [3.05, 3.63) is 86.7 Å². The third-order valence-corrected chi connectivity index (χ3v) is 4.16. The Balaban J connectivity index is 2.06. The van der Waals surface area contributed by atoms with E-state index < -0.39 is 16.8 Å². The van der Waals surface area contributed by atoms with Crippen LogP contribution in [0.5, 0.6) is 0 Å². The SMILES string of the molecule is COC(=O)C(C1=NC(=NC(=O)c2ccc([N+](=O)[O-])cc2)c2ccccc21)=C(C)O. The van der Waals surface area contributed by atoms with Crippen molar-refractivity contribution in [2.24, 2.45) is 9.98 Å². The number of aliphatic imine (C=N–C) groups is 2. The van der Waals surface area contributed by atoms with Gasteiger partial charge in [0.05, 0.1) is 17.7 Å². The second-order valence-corrected chi connectivity index (χ2v) is 6.00. The molecule has 0 fully saturated rings. The number of fused-ring (bicyclic) bond motifs is 1. The van der Waals surface area contributed by atoms with E-state index >= 15 is 0 Å². The molecule has 0 aliphatic carbocycles. The maximum Gasteiger partial charge on any atom is 0.343 e. The van der Waals surface area contributed by atoms with Crippen LogP contribution in [-0.2, 0) is 9.53 Å². The largest absolute Gasteiger partial charge is 0.512 e. The van der Waals surface area contributed by atoms with Crippen molar-refractivity contribution < 1.29 is 24.4 Å². The number of nitrogens with zero attached hydrogens (tertiary/aromatic N) is 3. The zero-order valence-electron chi connectivity index (χ0n) is 15.4. The monoisotopic (exact) mass is 393 g/mol. The van der Waals surface area contributed by atoms with Crippen molar-refractivity contribution in [3.8, 4) is 0 Å². The Kier molecular flexibility index (Phi) is 5.31. The minimum Gasteiger partial charge on any atom is -0.512 e. The van der Waals surface area contributed by atoms with Crippen LogP contribution in [0.3, 0.4) is 0 Å². The number of esters is 1. The van der Waals surface area contributed by atoms with E-state index in [0.29, 0.717) is 11.1 Å². The minimum absolute atomic E-state index is 0.0570. The molecule has 1 N–H and O–H groups in total. The van der Waals surface area contributed by atoms with Gasteiger partial charge >= 0.3 is 5.97 Å². The maximum absolute atomic E-state index is 12.5. The molecule has 0 spiro atoms. The fourth-order valence-corrected chi connectivity index (χ4v) is 2.79. The second kappa shape index (κ2) is 7.85. The van der Waals surface area contributed by atoms with E-state index in [0.717, 1.165) is 0 Å². The molecule has 1 heterocycles. The van der Waals surface area contributed by atoms with Gasteiger partial charge in [-0.1, -0.05) is 24.3 Å². The summed E-state index contributed by atoms with van der Waals surface area (Å²) in [6.45, 7) is 1.33. The summed E-state index contributed by atoms with van der Waals surface area (Å²) in [6, 6.07) is 11.8. The molecule has 1 aliphatic heterocycles. The highest BCUT2D eigenvalue weighted by Crippen LogP contribution is 2.26. The molecule has 3 rings (SSSR count). The number of amides is 1. The Morgan fingerprint density at radius 2 is 1.72 bits per heavy atom. The molecule has 1 amide bonds. The molecule has 2 aromatic carbocycles. The fourth-order valence-electron chi connectivity index (χ4n) is 2.79. The minimum atomic E-state index is -0.776. The highest BCUT2D eigenvalue weighted by Gasteiger charge is 2.30. The second-order valence-electron chi connectivity index (χ2n) is 6.00. The molecule has 0 saturated heterocycles. The van der Waals surface area contributed by atoms with E-state index in [1.807, 2.05) is 0 Å². The van der Waals surface area contributed by atoms with E-state index in [9.17, 15) is 24.8 Å². The van der Waals surface area contributed by atoms with E-state index in [1.165, 1.54) is 38.3 Å². The normalized spacial score (nSPS) is 14.7. The lowest BCUT2D eigenvalue weighted by Gasteiger charge is -2.07. The number of non-ortho nitro benzene ring substituents is 1. The number of nitro groups is 1. The quantitative estimate of drug-likeness (QED) is 0.279. The lowest BCUT2D eigenvalue weighted by molar-refractivity contribution is -0.384. The summed E-state index contributed by atoms with van der Waals surface area (Å²) in [5.74, 6) is -1.66. The van der Waals surface area contributed by atoms with Gasteiger partial charge < -0.3 is 9.84 Å². The molecule has 146 valence electrons. The van der Waals surface area contributed by atoms with Gasteiger partial charge in [-0.05, 0) is 19.1 Å². The standard InChI is InChI=1S/C20H15N3O6/c1-11(24)16(20(26)29-2)17-14-5-3-4-6-15(14)18(21-17)22-19(25)12-7-9-13(10-8-12)23(27)28/h3-10,24H,1-2H3. The van der Waals surface area contributed by atoms with Crippen molar-refractivity contribution in [2.45, 2.75) is 6.92 Å². The van der Waals surface area contributed by atoms with E-state index in [4.69, 9.17) is 4.74 Å². The number of allylic oxidation sites excluding steroid dienone is 1. The van der Waals surface area contributed by atoms with Crippen LogP contribution in [0.25, 0.3) is 0 Å². The number of ether oxygens (including phenoxy) is 1. The third-order valence-electron chi connectivity index (χ3n) is 4.16. The molecule has 0 saturated carbocycles.